The van der Waals surface area contributed by atoms with Crippen LogP contribution < -0.4 is 4.90 Å². The number of cyclic esters (lactones) is 2. The van der Waals surface area contributed by atoms with Crippen molar-refractivity contribution in [3.05, 3.63) is 53.8 Å². The average Bonchev–Trinajstić information content (AvgIpc) is 2.81. The van der Waals surface area contributed by atoms with Gasteiger partial charge in [-0.2, -0.15) is 0 Å². The summed E-state index contributed by atoms with van der Waals surface area (Å²) in [5.74, 6) is -4.56. The van der Waals surface area contributed by atoms with Gasteiger partial charge in [0.25, 0.3) is 0 Å². The van der Waals surface area contributed by atoms with Crippen molar-refractivity contribution in [2.45, 2.75) is 44.1 Å². The number of hydrogen-bond donors (Lipinski definition) is 2. The van der Waals surface area contributed by atoms with Gasteiger partial charge < -0.3 is 24.6 Å². The third kappa shape index (κ3) is 4.60. The molecule has 1 aromatic carbocycles. The lowest BCUT2D eigenvalue weighted by Gasteiger charge is -2.44. The molecule has 4 rings (SSSR count). The van der Waals surface area contributed by atoms with Crippen molar-refractivity contribution < 1.29 is 29.3 Å². The van der Waals surface area contributed by atoms with Gasteiger partial charge in [-0.15, -0.1) is 0 Å². The number of nitrogens with zero attached hydrogens (tertiary/aromatic N) is 2. The zero-order valence-electron chi connectivity index (χ0n) is 17.4. The van der Waals surface area contributed by atoms with E-state index in [4.69, 9.17) is 9.47 Å². The molecule has 0 spiro atoms. The predicted octanol–water partition coefficient (Wildman–Crippen LogP) is 2.26. The Morgan fingerprint density at radius 1 is 0.935 bits per heavy atom. The minimum Gasteiger partial charge on any atom is -0.506 e. The molecule has 2 N–H and O–H groups in total. The van der Waals surface area contributed by atoms with Crippen molar-refractivity contribution in [1.29, 1.82) is 0 Å². The number of benzene rings is 1. The molecule has 8 heteroatoms. The summed E-state index contributed by atoms with van der Waals surface area (Å²) in [4.78, 5) is 28.4. The fourth-order valence-electron chi connectivity index (χ4n) is 4.41. The van der Waals surface area contributed by atoms with Gasteiger partial charge >= 0.3 is 17.7 Å². The zero-order chi connectivity index (χ0) is 21.8. The van der Waals surface area contributed by atoms with Crippen LogP contribution in [-0.4, -0.2) is 65.2 Å². The molecule has 2 heterocycles. The maximum atomic E-state index is 12.2. The first-order valence-corrected chi connectivity index (χ1v) is 10.8. The average molecular weight is 428 g/mol. The Hall–Kier alpha value is -2.84. The molecule has 8 nitrogen and oxygen atoms in total. The Morgan fingerprint density at radius 3 is 2.26 bits per heavy atom. The SMILES string of the molecule is O=C1/C=C\C(=O)O[C@@](O)(C(O)=C2CCCCC2)C(N2CCN(c3ccccc3)CC2)O1. The predicted molar refractivity (Wildman–Crippen MR) is 113 cm³/mol. The van der Waals surface area contributed by atoms with Gasteiger partial charge in [-0.3, -0.25) is 4.90 Å². The van der Waals surface area contributed by atoms with E-state index in [2.05, 4.69) is 4.90 Å². The maximum absolute atomic E-state index is 12.2. The number of carbonyl (C=O) groups is 2. The van der Waals surface area contributed by atoms with Gasteiger partial charge in [0.1, 0.15) is 0 Å². The topological polar surface area (TPSA) is 99.5 Å². The van der Waals surface area contributed by atoms with Crippen LogP contribution in [0, 0.1) is 0 Å². The van der Waals surface area contributed by atoms with Crippen LogP contribution in [0.4, 0.5) is 5.69 Å². The molecule has 166 valence electrons. The molecule has 2 fully saturated rings. The van der Waals surface area contributed by atoms with Crippen LogP contribution in [0.15, 0.2) is 53.8 Å². The molecule has 1 unspecified atom stereocenters. The lowest BCUT2D eigenvalue weighted by atomic mass is 9.91. The first-order chi connectivity index (χ1) is 15.0. The molecule has 1 aromatic rings. The molecule has 0 amide bonds. The molecule has 1 saturated heterocycles. The third-order valence-corrected chi connectivity index (χ3v) is 6.07. The number of esters is 2. The molecular weight excluding hydrogens is 400 g/mol. The summed E-state index contributed by atoms with van der Waals surface area (Å²) in [7, 11) is 0. The van der Waals surface area contributed by atoms with E-state index in [9.17, 15) is 19.8 Å². The van der Waals surface area contributed by atoms with Crippen LogP contribution in [0.5, 0.6) is 0 Å². The van der Waals surface area contributed by atoms with E-state index in [-0.39, 0.29) is 0 Å². The normalized spacial score (nSPS) is 28.9. The molecule has 0 bridgehead atoms. The van der Waals surface area contributed by atoms with Crippen LogP contribution in [-0.2, 0) is 19.1 Å². The number of aliphatic hydroxyl groups excluding tert-OH is 1. The number of allylic oxidation sites excluding steroid dienone is 1. The first kappa shape index (κ1) is 21.4. The second kappa shape index (κ2) is 9.11. The van der Waals surface area contributed by atoms with E-state index < -0.39 is 29.7 Å². The number of piperazine rings is 1. The Balaban J connectivity index is 1.61. The highest BCUT2D eigenvalue weighted by Crippen LogP contribution is 2.35. The van der Waals surface area contributed by atoms with Crippen molar-refractivity contribution in [2.75, 3.05) is 31.1 Å². The van der Waals surface area contributed by atoms with E-state index in [1.54, 1.807) is 4.90 Å². The maximum Gasteiger partial charge on any atom is 0.334 e. The molecule has 0 radical (unpaired) electrons. The molecule has 3 aliphatic rings. The molecule has 31 heavy (non-hydrogen) atoms. The summed E-state index contributed by atoms with van der Waals surface area (Å²) in [5, 5.41) is 22.5. The van der Waals surface area contributed by atoms with Crippen LogP contribution in [0.2, 0.25) is 0 Å². The summed E-state index contributed by atoms with van der Waals surface area (Å²) in [6, 6.07) is 9.94. The smallest absolute Gasteiger partial charge is 0.334 e. The summed E-state index contributed by atoms with van der Waals surface area (Å²) in [6.07, 6.45) is 4.52. The Morgan fingerprint density at radius 2 is 1.58 bits per heavy atom. The first-order valence-electron chi connectivity index (χ1n) is 10.8. The van der Waals surface area contributed by atoms with Gasteiger partial charge in [0, 0.05) is 44.0 Å². The van der Waals surface area contributed by atoms with E-state index in [0.29, 0.717) is 44.6 Å². The minimum atomic E-state index is -2.46. The second-order valence-electron chi connectivity index (χ2n) is 8.11. The van der Waals surface area contributed by atoms with Crippen molar-refractivity contribution in [2.24, 2.45) is 0 Å². The largest absolute Gasteiger partial charge is 0.506 e. The Bertz CT molecular complexity index is 867. The molecular formula is C23H28N2O6. The lowest BCUT2D eigenvalue weighted by Crippen LogP contribution is -2.62. The summed E-state index contributed by atoms with van der Waals surface area (Å²) in [5.41, 5.74) is 1.71. The highest BCUT2D eigenvalue weighted by atomic mass is 16.7. The lowest BCUT2D eigenvalue weighted by molar-refractivity contribution is -0.274. The molecule has 1 aliphatic carbocycles. The monoisotopic (exact) mass is 428 g/mol. The summed E-state index contributed by atoms with van der Waals surface area (Å²) < 4.78 is 10.8. The summed E-state index contributed by atoms with van der Waals surface area (Å²) >= 11 is 0. The molecule has 0 aromatic heterocycles. The molecule has 2 atom stereocenters. The number of anilines is 1. The second-order valence-corrected chi connectivity index (χ2v) is 8.11. The Labute approximate surface area is 181 Å². The number of rotatable bonds is 3. The van der Waals surface area contributed by atoms with Crippen LogP contribution in [0.1, 0.15) is 32.1 Å². The fraction of sp³-hybridized carbons (Fsp3) is 0.478. The highest BCUT2D eigenvalue weighted by Gasteiger charge is 2.52. The van der Waals surface area contributed by atoms with E-state index >= 15 is 0 Å². The fourth-order valence-corrected chi connectivity index (χ4v) is 4.41. The van der Waals surface area contributed by atoms with Crippen LogP contribution in [0.3, 0.4) is 0 Å². The third-order valence-electron chi connectivity index (χ3n) is 6.07. The van der Waals surface area contributed by atoms with E-state index in [1.807, 2.05) is 30.3 Å². The number of aliphatic hydroxyl groups is 2. The van der Waals surface area contributed by atoms with Crippen molar-refractivity contribution >= 4 is 17.6 Å². The van der Waals surface area contributed by atoms with Crippen molar-refractivity contribution in [3.8, 4) is 0 Å². The van der Waals surface area contributed by atoms with Crippen molar-refractivity contribution in [1.82, 2.24) is 4.90 Å². The standard InChI is InChI=1S/C23H28N2O6/c26-19-11-12-20(27)31-23(29,21(28)17-7-3-1-4-8-17)22(30-19)25-15-13-24(14-16-25)18-9-5-2-6-10-18/h2,5-6,9-12,22,28-29H,1,3-4,7-8,13-16H2/b12-11-/t22?,23-/m0/s1. The summed E-state index contributed by atoms with van der Waals surface area (Å²) in [6.45, 7) is 2.13. The van der Waals surface area contributed by atoms with Gasteiger partial charge in [-0.25, -0.2) is 9.59 Å². The highest BCUT2D eigenvalue weighted by molar-refractivity contribution is 5.92. The number of para-hydroxylation sites is 1. The number of hydrogen-bond acceptors (Lipinski definition) is 8. The quantitative estimate of drug-likeness (QED) is 0.559. The van der Waals surface area contributed by atoms with Gasteiger partial charge in [0.15, 0.2) is 5.76 Å². The Kier molecular flexibility index (Phi) is 6.29. The van der Waals surface area contributed by atoms with Gasteiger partial charge in [0.05, 0.1) is 0 Å². The zero-order valence-corrected chi connectivity index (χ0v) is 17.4. The minimum absolute atomic E-state index is 0.417. The number of carbonyl (C=O) groups excluding carboxylic acids is 2. The van der Waals surface area contributed by atoms with Crippen molar-refractivity contribution in [3.63, 3.8) is 0 Å². The van der Waals surface area contributed by atoms with E-state index in [1.165, 1.54) is 0 Å². The van der Waals surface area contributed by atoms with Gasteiger partial charge in [0.2, 0.25) is 6.23 Å². The van der Waals surface area contributed by atoms with E-state index in [0.717, 1.165) is 37.1 Å². The number of ether oxygens (including phenoxy) is 2. The van der Waals surface area contributed by atoms with Crippen LogP contribution >= 0.6 is 0 Å². The van der Waals surface area contributed by atoms with Gasteiger partial charge in [-0.05, 0) is 43.4 Å². The molecule has 1 saturated carbocycles. The van der Waals surface area contributed by atoms with Gasteiger partial charge in [-0.1, -0.05) is 24.6 Å². The molecule has 2 aliphatic heterocycles. The van der Waals surface area contributed by atoms with Crippen LogP contribution in [0.25, 0.3) is 0 Å².